The number of anilines is 1. The molecule has 1 saturated carbocycles. The van der Waals surface area contributed by atoms with E-state index in [0.717, 1.165) is 25.0 Å². The maximum atomic E-state index is 13.8. The minimum atomic E-state index is -0.749. The van der Waals surface area contributed by atoms with Crippen LogP contribution in [-0.2, 0) is 11.2 Å². The van der Waals surface area contributed by atoms with E-state index in [1.54, 1.807) is 24.3 Å². The monoisotopic (exact) mass is 411 g/mol. The van der Waals surface area contributed by atoms with Gasteiger partial charge < -0.3 is 15.1 Å². The number of aryl methyl sites for hydroxylation is 1. The minimum Gasteiger partial charge on any atom is -0.441 e. The van der Waals surface area contributed by atoms with Gasteiger partial charge in [-0.1, -0.05) is 6.07 Å². The first-order valence-electron chi connectivity index (χ1n) is 9.59. The molecule has 2 aromatic carbocycles. The summed E-state index contributed by atoms with van der Waals surface area (Å²) in [6.45, 7) is 0. The number of hydrogen-bond acceptors (Lipinski definition) is 4. The molecule has 0 atom stereocenters. The number of nitrogens with zero attached hydrogens (tertiary/aromatic N) is 1. The van der Waals surface area contributed by atoms with Crippen molar-refractivity contribution in [1.29, 1.82) is 0 Å². The zero-order valence-electron chi connectivity index (χ0n) is 16.0. The van der Waals surface area contributed by atoms with Crippen LogP contribution >= 0.6 is 0 Å². The highest BCUT2D eigenvalue weighted by atomic mass is 19.1. The lowest BCUT2D eigenvalue weighted by atomic mass is 10.2. The summed E-state index contributed by atoms with van der Waals surface area (Å²) < 4.78 is 32.4. The molecule has 0 radical (unpaired) electrons. The summed E-state index contributed by atoms with van der Waals surface area (Å²) in [5.74, 6) is -1.43. The van der Waals surface area contributed by atoms with Crippen molar-refractivity contribution in [2.75, 3.05) is 5.32 Å². The predicted octanol–water partition coefficient (Wildman–Crippen LogP) is 4.08. The maximum Gasteiger partial charge on any atom is 0.251 e. The van der Waals surface area contributed by atoms with Gasteiger partial charge in [0.2, 0.25) is 5.91 Å². The molecule has 0 aliphatic heterocycles. The van der Waals surface area contributed by atoms with Crippen molar-refractivity contribution in [1.82, 2.24) is 10.3 Å². The molecule has 2 amide bonds. The van der Waals surface area contributed by atoms with Crippen molar-refractivity contribution in [2.45, 2.75) is 31.7 Å². The first kappa shape index (κ1) is 19.8. The smallest absolute Gasteiger partial charge is 0.251 e. The number of halogens is 2. The summed E-state index contributed by atoms with van der Waals surface area (Å²) in [4.78, 5) is 28.4. The molecule has 1 aliphatic carbocycles. The Kier molecular flexibility index (Phi) is 5.56. The Balaban J connectivity index is 1.33. The number of rotatable bonds is 7. The number of aromatic nitrogens is 1. The number of carbonyl (C=O) groups is 2. The molecule has 1 fully saturated rings. The molecule has 0 bridgehead atoms. The Labute approximate surface area is 171 Å². The topological polar surface area (TPSA) is 84.2 Å². The first-order valence-corrected chi connectivity index (χ1v) is 9.59. The van der Waals surface area contributed by atoms with E-state index in [-0.39, 0.29) is 47.9 Å². The average molecular weight is 411 g/mol. The number of nitrogens with one attached hydrogen (secondary N) is 2. The van der Waals surface area contributed by atoms with Crippen LogP contribution in [0.5, 0.6) is 0 Å². The third-order valence-electron chi connectivity index (χ3n) is 4.64. The Morgan fingerprint density at radius 1 is 1.13 bits per heavy atom. The number of hydrogen-bond donors (Lipinski definition) is 2. The molecule has 3 aromatic rings. The molecular formula is C22H19F2N3O3. The van der Waals surface area contributed by atoms with Gasteiger partial charge in [0.05, 0.1) is 11.8 Å². The fourth-order valence-corrected chi connectivity index (χ4v) is 2.92. The molecule has 0 spiro atoms. The van der Waals surface area contributed by atoms with Gasteiger partial charge in [0.25, 0.3) is 5.91 Å². The van der Waals surface area contributed by atoms with E-state index in [1.165, 1.54) is 12.3 Å². The van der Waals surface area contributed by atoms with E-state index < -0.39 is 11.6 Å². The van der Waals surface area contributed by atoms with E-state index in [0.29, 0.717) is 11.3 Å². The van der Waals surface area contributed by atoms with Crippen molar-refractivity contribution in [3.05, 3.63) is 71.8 Å². The molecule has 8 heteroatoms. The van der Waals surface area contributed by atoms with E-state index in [9.17, 15) is 18.4 Å². The summed E-state index contributed by atoms with van der Waals surface area (Å²) >= 11 is 0. The molecule has 30 heavy (non-hydrogen) atoms. The molecule has 2 N–H and O–H groups in total. The maximum absolute atomic E-state index is 13.8. The zero-order chi connectivity index (χ0) is 21.1. The summed E-state index contributed by atoms with van der Waals surface area (Å²) in [6.07, 6.45) is 3.63. The van der Waals surface area contributed by atoms with Gasteiger partial charge in [0, 0.05) is 36.2 Å². The summed E-state index contributed by atoms with van der Waals surface area (Å²) in [5.41, 5.74) is 1.10. The van der Waals surface area contributed by atoms with Crippen molar-refractivity contribution in [3.8, 4) is 11.3 Å². The van der Waals surface area contributed by atoms with Crippen LogP contribution < -0.4 is 10.6 Å². The van der Waals surface area contributed by atoms with Gasteiger partial charge in [-0.3, -0.25) is 9.59 Å². The molecule has 1 heterocycles. The van der Waals surface area contributed by atoms with Gasteiger partial charge in [-0.15, -0.1) is 0 Å². The highest BCUT2D eigenvalue weighted by molar-refractivity contribution is 5.97. The number of carbonyl (C=O) groups excluding carboxylic acids is 2. The molecule has 154 valence electrons. The number of benzene rings is 2. The average Bonchev–Trinajstić information content (AvgIpc) is 3.41. The van der Waals surface area contributed by atoms with Crippen molar-refractivity contribution >= 4 is 17.5 Å². The number of oxazole rings is 1. The molecule has 0 saturated heterocycles. The van der Waals surface area contributed by atoms with Crippen molar-refractivity contribution in [3.63, 3.8) is 0 Å². The lowest BCUT2D eigenvalue weighted by molar-refractivity contribution is -0.116. The standard InChI is InChI=1S/C22H19F2N3O3/c23-14-4-7-17(18(24)11-14)19-12-25-21(30-19)9-8-20(28)26-16-3-1-2-13(10-16)22(29)27-15-5-6-15/h1-4,7,10-12,15H,5-6,8-9H2,(H,26,28)(H,27,29). The van der Waals surface area contributed by atoms with Crippen LogP contribution in [-0.4, -0.2) is 22.8 Å². The zero-order valence-corrected chi connectivity index (χ0v) is 16.0. The summed E-state index contributed by atoms with van der Waals surface area (Å²) in [6, 6.07) is 10.1. The molecular weight excluding hydrogens is 392 g/mol. The van der Waals surface area contributed by atoms with Gasteiger partial charge in [-0.25, -0.2) is 13.8 Å². The SMILES string of the molecule is O=C(CCc1ncc(-c2ccc(F)cc2F)o1)Nc1cccc(C(=O)NC2CC2)c1. The predicted molar refractivity (Wildman–Crippen MR) is 106 cm³/mol. The largest absolute Gasteiger partial charge is 0.441 e. The second kappa shape index (κ2) is 8.44. The van der Waals surface area contributed by atoms with Crippen molar-refractivity contribution in [2.24, 2.45) is 0 Å². The lowest BCUT2D eigenvalue weighted by Gasteiger charge is -2.07. The lowest BCUT2D eigenvalue weighted by Crippen LogP contribution is -2.25. The Morgan fingerprint density at radius 2 is 1.97 bits per heavy atom. The highest BCUT2D eigenvalue weighted by Crippen LogP contribution is 2.25. The van der Waals surface area contributed by atoms with Gasteiger partial charge in [-0.05, 0) is 43.2 Å². The fraction of sp³-hybridized carbons (Fsp3) is 0.227. The molecule has 6 nitrogen and oxygen atoms in total. The Morgan fingerprint density at radius 3 is 2.73 bits per heavy atom. The Hall–Kier alpha value is -3.55. The molecule has 0 unspecified atom stereocenters. The van der Waals surface area contributed by atoms with Crippen LogP contribution in [0.25, 0.3) is 11.3 Å². The van der Waals surface area contributed by atoms with Gasteiger partial charge in [0.1, 0.15) is 11.6 Å². The van der Waals surface area contributed by atoms with Gasteiger partial charge in [0.15, 0.2) is 11.7 Å². The van der Waals surface area contributed by atoms with Crippen LogP contribution in [0.2, 0.25) is 0 Å². The normalized spacial score (nSPS) is 13.1. The molecule has 4 rings (SSSR count). The van der Waals surface area contributed by atoms with Gasteiger partial charge in [-0.2, -0.15) is 0 Å². The van der Waals surface area contributed by atoms with E-state index >= 15 is 0 Å². The third kappa shape index (κ3) is 4.89. The molecule has 1 aromatic heterocycles. The van der Waals surface area contributed by atoms with Crippen LogP contribution in [0.3, 0.4) is 0 Å². The van der Waals surface area contributed by atoms with E-state index in [1.807, 2.05) is 0 Å². The first-order chi connectivity index (χ1) is 14.5. The van der Waals surface area contributed by atoms with Crippen LogP contribution in [0.1, 0.15) is 35.5 Å². The second-order valence-electron chi connectivity index (χ2n) is 7.12. The number of amides is 2. The molecule has 1 aliphatic rings. The van der Waals surface area contributed by atoms with Crippen LogP contribution in [0, 0.1) is 11.6 Å². The van der Waals surface area contributed by atoms with Crippen molar-refractivity contribution < 1.29 is 22.8 Å². The van der Waals surface area contributed by atoms with E-state index in [4.69, 9.17) is 4.42 Å². The fourth-order valence-electron chi connectivity index (χ4n) is 2.92. The van der Waals surface area contributed by atoms with Crippen LogP contribution in [0.4, 0.5) is 14.5 Å². The minimum absolute atomic E-state index is 0.0877. The summed E-state index contributed by atoms with van der Waals surface area (Å²) in [7, 11) is 0. The van der Waals surface area contributed by atoms with Gasteiger partial charge >= 0.3 is 0 Å². The van der Waals surface area contributed by atoms with Crippen LogP contribution in [0.15, 0.2) is 53.1 Å². The third-order valence-corrected chi connectivity index (χ3v) is 4.64. The second-order valence-corrected chi connectivity index (χ2v) is 7.12. The Bertz CT molecular complexity index is 1090. The summed E-state index contributed by atoms with van der Waals surface area (Å²) in [5, 5.41) is 5.64. The highest BCUT2D eigenvalue weighted by Gasteiger charge is 2.23. The quantitative estimate of drug-likeness (QED) is 0.614. The van der Waals surface area contributed by atoms with E-state index in [2.05, 4.69) is 15.6 Å².